The van der Waals surface area contributed by atoms with Crippen LogP contribution in [0.4, 0.5) is 0 Å². The minimum Gasteiger partial charge on any atom is -0.465 e. The third-order valence-corrected chi connectivity index (χ3v) is 2.55. The molecule has 0 bridgehead atoms. The van der Waals surface area contributed by atoms with Crippen molar-refractivity contribution in [1.82, 2.24) is 9.38 Å². The summed E-state index contributed by atoms with van der Waals surface area (Å²) in [6.45, 7) is 3.24. The summed E-state index contributed by atoms with van der Waals surface area (Å²) in [4.78, 5) is 27.2. The molecule has 2 heterocycles. The first-order chi connectivity index (χ1) is 8.04. The molecule has 5 heteroatoms. The molecule has 0 aliphatic carbocycles. The number of aryl methyl sites for hydroxylation is 1. The third-order valence-electron chi connectivity index (χ3n) is 2.55. The highest BCUT2D eigenvalue weighted by Crippen LogP contribution is 2.14. The molecule has 88 valence electrons. The molecule has 2 rings (SSSR count). The Labute approximate surface area is 98.0 Å². The number of aromatic nitrogens is 2. The standard InChI is InChI=1S/C12H12N2O3/c1-7-11(8(2)15)14-6-9(12(16)17-3)4-5-10(14)13-7/h4-6H,1-3H3. The average molecular weight is 232 g/mol. The van der Waals surface area contributed by atoms with Crippen molar-refractivity contribution in [3.8, 4) is 0 Å². The molecular weight excluding hydrogens is 220 g/mol. The molecule has 0 atom stereocenters. The zero-order valence-corrected chi connectivity index (χ0v) is 9.85. The normalized spacial score (nSPS) is 10.5. The van der Waals surface area contributed by atoms with Crippen molar-refractivity contribution in [3.63, 3.8) is 0 Å². The van der Waals surface area contributed by atoms with Crippen LogP contribution in [0.2, 0.25) is 0 Å². The van der Waals surface area contributed by atoms with Gasteiger partial charge in [-0.1, -0.05) is 0 Å². The maximum Gasteiger partial charge on any atom is 0.339 e. The number of esters is 1. The fourth-order valence-electron chi connectivity index (χ4n) is 1.83. The van der Waals surface area contributed by atoms with E-state index >= 15 is 0 Å². The second kappa shape index (κ2) is 4.01. The zero-order valence-electron chi connectivity index (χ0n) is 9.85. The number of rotatable bonds is 2. The summed E-state index contributed by atoms with van der Waals surface area (Å²) in [5.41, 5.74) is 2.17. The van der Waals surface area contributed by atoms with Gasteiger partial charge in [-0.05, 0) is 19.1 Å². The lowest BCUT2D eigenvalue weighted by Crippen LogP contribution is -2.05. The number of hydrogen-bond acceptors (Lipinski definition) is 4. The van der Waals surface area contributed by atoms with Crippen molar-refractivity contribution >= 4 is 17.4 Å². The Balaban J connectivity index is 2.70. The van der Waals surface area contributed by atoms with Crippen LogP contribution in [0, 0.1) is 6.92 Å². The highest BCUT2D eigenvalue weighted by atomic mass is 16.5. The molecule has 2 aromatic heterocycles. The van der Waals surface area contributed by atoms with Crippen molar-refractivity contribution in [2.45, 2.75) is 13.8 Å². The Morgan fingerprint density at radius 2 is 2.06 bits per heavy atom. The van der Waals surface area contributed by atoms with Crippen molar-refractivity contribution in [3.05, 3.63) is 35.3 Å². The molecule has 0 fully saturated rings. The van der Waals surface area contributed by atoms with Gasteiger partial charge in [-0.25, -0.2) is 9.78 Å². The molecular formula is C12H12N2O3. The van der Waals surface area contributed by atoms with Gasteiger partial charge in [0.05, 0.1) is 18.4 Å². The van der Waals surface area contributed by atoms with E-state index < -0.39 is 5.97 Å². The van der Waals surface area contributed by atoms with E-state index in [1.165, 1.54) is 14.0 Å². The van der Waals surface area contributed by atoms with Crippen LogP contribution in [0.1, 0.15) is 33.5 Å². The molecule has 0 aliphatic heterocycles. The van der Waals surface area contributed by atoms with E-state index in [-0.39, 0.29) is 5.78 Å². The highest BCUT2D eigenvalue weighted by molar-refractivity contribution is 5.95. The number of carbonyl (C=O) groups excluding carboxylic acids is 2. The maximum atomic E-state index is 11.5. The smallest absolute Gasteiger partial charge is 0.339 e. The Bertz CT molecular complexity index is 613. The number of hydrogen-bond donors (Lipinski definition) is 0. The number of ether oxygens (including phenoxy) is 1. The molecule has 0 saturated carbocycles. The molecule has 0 radical (unpaired) electrons. The number of nitrogens with zero attached hydrogens (tertiary/aromatic N) is 2. The lowest BCUT2D eigenvalue weighted by molar-refractivity contribution is 0.0600. The number of methoxy groups -OCH3 is 1. The average Bonchev–Trinajstić information content (AvgIpc) is 2.62. The van der Waals surface area contributed by atoms with Crippen molar-refractivity contribution in [2.75, 3.05) is 7.11 Å². The van der Waals surface area contributed by atoms with Crippen LogP contribution < -0.4 is 0 Å². The quantitative estimate of drug-likeness (QED) is 0.583. The number of ketones is 1. The molecule has 17 heavy (non-hydrogen) atoms. The minimum atomic E-state index is -0.437. The summed E-state index contributed by atoms with van der Waals surface area (Å²) < 4.78 is 6.25. The summed E-state index contributed by atoms with van der Waals surface area (Å²) in [6.07, 6.45) is 1.57. The first-order valence-electron chi connectivity index (χ1n) is 5.12. The van der Waals surface area contributed by atoms with Crippen LogP contribution in [-0.4, -0.2) is 28.2 Å². The second-order valence-corrected chi connectivity index (χ2v) is 3.74. The molecule has 0 N–H and O–H groups in total. The van der Waals surface area contributed by atoms with E-state index in [0.717, 1.165) is 0 Å². The third kappa shape index (κ3) is 1.80. The van der Waals surface area contributed by atoms with Crippen LogP contribution in [0.25, 0.3) is 5.65 Å². The predicted octanol–water partition coefficient (Wildman–Crippen LogP) is 1.63. The van der Waals surface area contributed by atoms with Gasteiger partial charge in [0.15, 0.2) is 5.78 Å². The number of carbonyl (C=O) groups is 2. The van der Waals surface area contributed by atoms with E-state index in [4.69, 9.17) is 0 Å². The van der Waals surface area contributed by atoms with Crippen LogP contribution >= 0.6 is 0 Å². The predicted molar refractivity (Wildman–Crippen MR) is 61.3 cm³/mol. The van der Waals surface area contributed by atoms with Gasteiger partial charge in [-0.2, -0.15) is 0 Å². The summed E-state index contributed by atoms with van der Waals surface area (Å²) in [7, 11) is 1.32. The van der Waals surface area contributed by atoms with E-state index in [1.807, 2.05) is 0 Å². The number of imidazole rings is 1. The fraction of sp³-hybridized carbons (Fsp3) is 0.250. The lowest BCUT2D eigenvalue weighted by atomic mass is 10.2. The number of pyridine rings is 1. The van der Waals surface area contributed by atoms with Gasteiger partial charge in [0.25, 0.3) is 0 Å². The summed E-state index contributed by atoms with van der Waals surface area (Å²) in [5.74, 6) is -0.523. The monoisotopic (exact) mass is 232 g/mol. The second-order valence-electron chi connectivity index (χ2n) is 3.74. The zero-order chi connectivity index (χ0) is 12.6. The van der Waals surface area contributed by atoms with Crippen molar-refractivity contribution in [2.24, 2.45) is 0 Å². The first-order valence-corrected chi connectivity index (χ1v) is 5.12. The van der Waals surface area contributed by atoms with Crippen LogP contribution in [-0.2, 0) is 4.74 Å². The SMILES string of the molecule is COC(=O)c1ccc2nc(C)c(C(C)=O)n2c1. The van der Waals surface area contributed by atoms with Crippen LogP contribution in [0.15, 0.2) is 18.3 Å². The molecule has 0 spiro atoms. The largest absolute Gasteiger partial charge is 0.465 e. The number of Topliss-reactive ketones (excluding diaryl/α,β-unsaturated/α-hetero) is 1. The van der Waals surface area contributed by atoms with E-state index in [9.17, 15) is 9.59 Å². The number of fused-ring (bicyclic) bond motifs is 1. The van der Waals surface area contributed by atoms with Gasteiger partial charge in [0, 0.05) is 13.1 Å². The van der Waals surface area contributed by atoms with Crippen LogP contribution in [0.3, 0.4) is 0 Å². The molecule has 5 nitrogen and oxygen atoms in total. The minimum absolute atomic E-state index is 0.0861. The Morgan fingerprint density at radius 3 is 2.65 bits per heavy atom. The summed E-state index contributed by atoms with van der Waals surface area (Å²) in [6, 6.07) is 3.31. The molecule has 0 amide bonds. The van der Waals surface area contributed by atoms with Gasteiger partial charge >= 0.3 is 5.97 Å². The van der Waals surface area contributed by atoms with E-state index in [0.29, 0.717) is 22.6 Å². The summed E-state index contributed by atoms with van der Waals surface area (Å²) in [5, 5.41) is 0. The topological polar surface area (TPSA) is 60.7 Å². The van der Waals surface area contributed by atoms with E-state index in [1.54, 1.807) is 29.7 Å². The molecule has 0 saturated heterocycles. The van der Waals surface area contributed by atoms with Crippen molar-refractivity contribution < 1.29 is 14.3 Å². The fourth-order valence-corrected chi connectivity index (χ4v) is 1.83. The molecule has 2 aromatic rings. The Kier molecular flexibility index (Phi) is 2.67. The van der Waals surface area contributed by atoms with Gasteiger partial charge in [0.2, 0.25) is 0 Å². The Morgan fingerprint density at radius 1 is 1.35 bits per heavy atom. The molecule has 0 aliphatic rings. The van der Waals surface area contributed by atoms with E-state index in [2.05, 4.69) is 9.72 Å². The summed E-state index contributed by atoms with van der Waals surface area (Å²) >= 11 is 0. The van der Waals surface area contributed by atoms with Crippen LogP contribution in [0.5, 0.6) is 0 Å². The Hall–Kier alpha value is -2.17. The van der Waals surface area contributed by atoms with Crippen molar-refractivity contribution in [1.29, 1.82) is 0 Å². The lowest BCUT2D eigenvalue weighted by Gasteiger charge is -2.02. The van der Waals surface area contributed by atoms with Gasteiger partial charge in [-0.3, -0.25) is 9.20 Å². The maximum absolute atomic E-state index is 11.5. The van der Waals surface area contributed by atoms with Gasteiger partial charge in [0.1, 0.15) is 11.3 Å². The first kappa shape index (κ1) is 11.3. The highest BCUT2D eigenvalue weighted by Gasteiger charge is 2.14. The van der Waals surface area contributed by atoms with Gasteiger partial charge < -0.3 is 4.74 Å². The molecule has 0 aromatic carbocycles. The van der Waals surface area contributed by atoms with Gasteiger partial charge in [-0.15, -0.1) is 0 Å². The molecule has 0 unspecified atom stereocenters.